The first-order chi connectivity index (χ1) is 13.3. The molecule has 0 N–H and O–H groups in total. The first kappa shape index (κ1) is 16.1. The van der Waals surface area contributed by atoms with Gasteiger partial charge in [0.1, 0.15) is 5.82 Å². The highest BCUT2D eigenvalue weighted by molar-refractivity contribution is 7.08. The van der Waals surface area contributed by atoms with Crippen LogP contribution >= 0.6 is 11.3 Å². The normalized spacial score (nSPS) is 12.6. The topological polar surface area (TPSA) is 64.8 Å². The van der Waals surface area contributed by atoms with E-state index in [2.05, 4.69) is 33.5 Å². The van der Waals surface area contributed by atoms with E-state index in [0.29, 0.717) is 0 Å². The standard InChI is InChI=1S/C19H17N5O2S/c1-2-23(10-13-3-4-15-16(9-13)26-12-25-15)18-6-5-17-20-21-19(24(17)22-18)14-7-8-27-11-14/h3-9,11H,2,10,12H2,1H3. The van der Waals surface area contributed by atoms with Crippen molar-refractivity contribution in [3.8, 4) is 22.9 Å². The number of aromatic nitrogens is 4. The van der Waals surface area contributed by atoms with Crippen LogP contribution in [-0.4, -0.2) is 33.1 Å². The summed E-state index contributed by atoms with van der Waals surface area (Å²) in [7, 11) is 0. The molecule has 0 unspecified atom stereocenters. The maximum Gasteiger partial charge on any atom is 0.231 e. The first-order valence-corrected chi connectivity index (χ1v) is 9.64. The minimum Gasteiger partial charge on any atom is -0.454 e. The van der Waals surface area contributed by atoms with Crippen LogP contribution in [0, 0.1) is 0 Å². The van der Waals surface area contributed by atoms with E-state index in [0.717, 1.165) is 53.0 Å². The molecule has 0 radical (unpaired) electrons. The molecule has 0 amide bonds. The van der Waals surface area contributed by atoms with E-state index in [9.17, 15) is 0 Å². The first-order valence-electron chi connectivity index (χ1n) is 8.70. The Kier molecular flexibility index (Phi) is 3.90. The summed E-state index contributed by atoms with van der Waals surface area (Å²) in [6, 6.07) is 12.0. The second-order valence-electron chi connectivity index (χ2n) is 6.20. The average Bonchev–Trinajstić information content (AvgIpc) is 3.44. The lowest BCUT2D eigenvalue weighted by Crippen LogP contribution is -2.23. The number of ether oxygens (including phenoxy) is 2. The number of thiophene rings is 1. The minimum atomic E-state index is 0.285. The Bertz CT molecular complexity index is 1090. The van der Waals surface area contributed by atoms with E-state index in [-0.39, 0.29) is 6.79 Å². The molecule has 0 saturated carbocycles. The van der Waals surface area contributed by atoms with Gasteiger partial charge in [-0.2, -0.15) is 15.9 Å². The summed E-state index contributed by atoms with van der Waals surface area (Å²) >= 11 is 1.63. The van der Waals surface area contributed by atoms with Gasteiger partial charge in [-0.1, -0.05) is 6.07 Å². The summed E-state index contributed by atoms with van der Waals surface area (Å²) in [6.45, 7) is 3.95. The Labute approximate surface area is 159 Å². The predicted octanol–water partition coefficient (Wildman–Crippen LogP) is 3.61. The van der Waals surface area contributed by atoms with Crippen molar-refractivity contribution >= 4 is 22.8 Å². The molecule has 0 fully saturated rings. The zero-order valence-electron chi connectivity index (χ0n) is 14.7. The zero-order chi connectivity index (χ0) is 18.2. The second-order valence-corrected chi connectivity index (χ2v) is 6.98. The van der Waals surface area contributed by atoms with Crippen LogP contribution in [0.4, 0.5) is 5.82 Å². The van der Waals surface area contributed by atoms with Crippen molar-refractivity contribution in [3.63, 3.8) is 0 Å². The van der Waals surface area contributed by atoms with E-state index in [4.69, 9.17) is 14.6 Å². The van der Waals surface area contributed by atoms with E-state index < -0.39 is 0 Å². The summed E-state index contributed by atoms with van der Waals surface area (Å²) in [5, 5.41) is 17.4. The van der Waals surface area contributed by atoms with Gasteiger partial charge in [0.05, 0.1) is 0 Å². The van der Waals surface area contributed by atoms with Crippen molar-refractivity contribution < 1.29 is 9.47 Å². The van der Waals surface area contributed by atoms with Gasteiger partial charge >= 0.3 is 0 Å². The quantitative estimate of drug-likeness (QED) is 0.528. The second kappa shape index (κ2) is 6.55. The van der Waals surface area contributed by atoms with Gasteiger partial charge in [-0.05, 0) is 48.2 Å². The van der Waals surface area contributed by atoms with Crippen LogP contribution in [0.5, 0.6) is 11.5 Å². The molecule has 136 valence electrons. The maximum absolute atomic E-state index is 5.49. The molecule has 7 nitrogen and oxygen atoms in total. The third kappa shape index (κ3) is 2.87. The summed E-state index contributed by atoms with van der Waals surface area (Å²) in [5.41, 5.74) is 2.90. The van der Waals surface area contributed by atoms with Gasteiger partial charge in [0.25, 0.3) is 0 Å². The Morgan fingerprint density at radius 2 is 2.04 bits per heavy atom. The summed E-state index contributed by atoms with van der Waals surface area (Å²) < 4.78 is 12.7. The van der Waals surface area contributed by atoms with Gasteiger partial charge in [0.15, 0.2) is 23.0 Å². The third-order valence-electron chi connectivity index (χ3n) is 4.54. The fourth-order valence-corrected chi connectivity index (χ4v) is 3.77. The summed E-state index contributed by atoms with van der Waals surface area (Å²) in [4.78, 5) is 2.20. The highest BCUT2D eigenvalue weighted by atomic mass is 32.1. The molecule has 0 saturated heterocycles. The number of rotatable bonds is 5. The van der Waals surface area contributed by atoms with Crippen molar-refractivity contribution in [2.75, 3.05) is 18.2 Å². The number of benzene rings is 1. The summed E-state index contributed by atoms with van der Waals surface area (Å²) in [5.74, 6) is 3.22. The Hall–Kier alpha value is -3.13. The molecule has 8 heteroatoms. The molecule has 3 aromatic heterocycles. The van der Waals surface area contributed by atoms with Crippen LogP contribution in [0.25, 0.3) is 17.0 Å². The highest BCUT2D eigenvalue weighted by Gasteiger charge is 2.16. The lowest BCUT2D eigenvalue weighted by atomic mass is 10.2. The maximum atomic E-state index is 5.49. The summed E-state index contributed by atoms with van der Waals surface area (Å²) in [6.07, 6.45) is 0. The monoisotopic (exact) mass is 379 g/mol. The van der Waals surface area contributed by atoms with Crippen LogP contribution < -0.4 is 14.4 Å². The molecule has 5 rings (SSSR count). The van der Waals surface area contributed by atoms with Crippen LogP contribution in [0.2, 0.25) is 0 Å². The molecule has 1 aromatic carbocycles. The van der Waals surface area contributed by atoms with Gasteiger partial charge in [-0.25, -0.2) is 0 Å². The molecule has 0 atom stereocenters. The van der Waals surface area contributed by atoms with Crippen LogP contribution in [0.3, 0.4) is 0 Å². The molecule has 0 aliphatic carbocycles. The van der Waals surface area contributed by atoms with Gasteiger partial charge < -0.3 is 14.4 Å². The molecular weight excluding hydrogens is 362 g/mol. The van der Waals surface area contributed by atoms with Crippen molar-refractivity contribution in [2.45, 2.75) is 13.5 Å². The van der Waals surface area contributed by atoms with Crippen molar-refractivity contribution in [3.05, 3.63) is 52.7 Å². The number of nitrogens with zero attached hydrogens (tertiary/aromatic N) is 5. The number of anilines is 1. The molecule has 4 aromatic rings. The number of hydrogen-bond donors (Lipinski definition) is 0. The SMILES string of the molecule is CCN(Cc1ccc2c(c1)OCO2)c1ccc2nnc(-c3ccsc3)n2n1. The molecule has 4 heterocycles. The van der Waals surface area contributed by atoms with Crippen LogP contribution in [0.1, 0.15) is 12.5 Å². The molecule has 1 aliphatic heterocycles. The van der Waals surface area contributed by atoms with Crippen LogP contribution in [0.15, 0.2) is 47.2 Å². The average molecular weight is 379 g/mol. The lowest BCUT2D eigenvalue weighted by Gasteiger charge is -2.22. The van der Waals surface area contributed by atoms with Crippen molar-refractivity contribution in [2.24, 2.45) is 0 Å². The van der Waals surface area contributed by atoms with E-state index in [1.54, 1.807) is 15.9 Å². The Balaban J connectivity index is 1.48. The zero-order valence-corrected chi connectivity index (χ0v) is 15.5. The van der Waals surface area contributed by atoms with E-state index in [1.807, 2.05) is 35.7 Å². The van der Waals surface area contributed by atoms with Crippen LogP contribution in [-0.2, 0) is 6.54 Å². The third-order valence-corrected chi connectivity index (χ3v) is 5.23. The molecular formula is C19H17N5O2S. The molecule has 1 aliphatic rings. The van der Waals surface area contributed by atoms with E-state index >= 15 is 0 Å². The highest BCUT2D eigenvalue weighted by Crippen LogP contribution is 2.33. The lowest BCUT2D eigenvalue weighted by molar-refractivity contribution is 0.174. The fourth-order valence-electron chi connectivity index (χ4n) is 3.13. The number of fused-ring (bicyclic) bond motifs is 2. The Morgan fingerprint density at radius 3 is 2.89 bits per heavy atom. The molecule has 0 spiro atoms. The van der Waals surface area contributed by atoms with Gasteiger partial charge in [0.2, 0.25) is 6.79 Å². The van der Waals surface area contributed by atoms with E-state index in [1.165, 1.54) is 0 Å². The van der Waals surface area contributed by atoms with Crippen molar-refractivity contribution in [1.29, 1.82) is 0 Å². The molecule has 0 bridgehead atoms. The molecule has 27 heavy (non-hydrogen) atoms. The smallest absolute Gasteiger partial charge is 0.231 e. The predicted molar refractivity (Wildman–Crippen MR) is 103 cm³/mol. The minimum absolute atomic E-state index is 0.285. The van der Waals surface area contributed by atoms with Gasteiger partial charge in [0, 0.05) is 24.0 Å². The number of hydrogen-bond acceptors (Lipinski definition) is 7. The largest absolute Gasteiger partial charge is 0.454 e. The van der Waals surface area contributed by atoms with Gasteiger partial charge in [-0.3, -0.25) is 0 Å². The van der Waals surface area contributed by atoms with Gasteiger partial charge in [-0.15, -0.1) is 15.3 Å². The Morgan fingerprint density at radius 1 is 1.11 bits per heavy atom. The fraction of sp³-hybridized carbons (Fsp3) is 0.211. The van der Waals surface area contributed by atoms with Crippen molar-refractivity contribution in [1.82, 2.24) is 19.8 Å².